The lowest BCUT2D eigenvalue weighted by atomic mass is 9.96. The van der Waals surface area contributed by atoms with E-state index in [1.54, 1.807) is 13.8 Å². The highest BCUT2D eigenvalue weighted by molar-refractivity contribution is 5.95. The number of carbonyl (C=O) groups is 1. The summed E-state index contributed by atoms with van der Waals surface area (Å²) >= 11 is 0. The fraction of sp³-hybridized carbons (Fsp3) is 0.421. The minimum absolute atomic E-state index is 0.184. The molecule has 4 rings (SSSR count). The molecule has 1 N–H and O–H groups in total. The summed E-state index contributed by atoms with van der Waals surface area (Å²) in [5, 5.41) is 11.2. The monoisotopic (exact) mass is 420 g/mol. The van der Waals surface area contributed by atoms with E-state index in [4.69, 9.17) is 4.52 Å². The Kier molecular flexibility index (Phi) is 4.83. The van der Waals surface area contributed by atoms with Gasteiger partial charge in [-0.15, -0.1) is 0 Å². The summed E-state index contributed by atoms with van der Waals surface area (Å²) in [5.74, 6) is 0.683. The fourth-order valence-corrected chi connectivity index (χ4v) is 3.70. The van der Waals surface area contributed by atoms with E-state index < -0.39 is 17.3 Å². The second-order valence-corrected chi connectivity index (χ2v) is 7.34. The van der Waals surface area contributed by atoms with Gasteiger partial charge in [0.25, 0.3) is 5.91 Å². The Balaban J connectivity index is 1.59. The lowest BCUT2D eigenvalue weighted by Gasteiger charge is -2.26. The van der Waals surface area contributed by atoms with Gasteiger partial charge in [-0.1, -0.05) is 18.0 Å². The van der Waals surface area contributed by atoms with Gasteiger partial charge in [-0.3, -0.25) is 4.79 Å². The van der Waals surface area contributed by atoms with Crippen molar-refractivity contribution in [3.05, 3.63) is 53.1 Å². The Morgan fingerprint density at radius 1 is 1.20 bits per heavy atom. The Morgan fingerprint density at radius 3 is 2.50 bits per heavy atom. The van der Waals surface area contributed by atoms with E-state index in [2.05, 4.69) is 25.5 Å². The van der Waals surface area contributed by atoms with Crippen LogP contribution in [0.2, 0.25) is 0 Å². The van der Waals surface area contributed by atoms with Crippen LogP contribution in [0.5, 0.6) is 0 Å². The van der Waals surface area contributed by atoms with Gasteiger partial charge in [0, 0.05) is 13.1 Å². The number of hydrogen-bond acceptors (Lipinski definition) is 6. The molecule has 1 aliphatic carbocycles. The molecular weight excluding hydrogens is 401 g/mol. The summed E-state index contributed by atoms with van der Waals surface area (Å²) in [4.78, 5) is 21.1. The van der Waals surface area contributed by atoms with Crippen molar-refractivity contribution in [2.24, 2.45) is 0 Å². The standard InChI is InChI=1S/C19H19F3N6O2/c1-11-14(10-24-28(11)15-6-5-13(9-23-15)19(20,21)22)16(29)26-18(7-3-4-8-18)17-25-12(2)30-27-17/h5-6,9-10H,3-4,7-8H2,1-2H3,(H,26,29). The molecule has 0 spiro atoms. The maximum atomic E-state index is 13.0. The third-order valence-electron chi connectivity index (χ3n) is 5.31. The molecule has 0 saturated heterocycles. The van der Waals surface area contributed by atoms with Crippen molar-refractivity contribution in [3.63, 3.8) is 0 Å². The average molecular weight is 420 g/mol. The highest BCUT2D eigenvalue weighted by Crippen LogP contribution is 2.37. The van der Waals surface area contributed by atoms with Gasteiger partial charge in [0.05, 0.1) is 23.0 Å². The van der Waals surface area contributed by atoms with Gasteiger partial charge in [0.2, 0.25) is 5.89 Å². The molecule has 1 saturated carbocycles. The van der Waals surface area contributed by atoms with Gasteiger partial charge >= 0.3 is 6.18 Å². The van der Waals surface area contributed by atoms with Crippen molar-refractivity contribution in [1.29, 1.82) is 0 Å². The van der Waals surface area contributed by atoms with Crippen molar-refractivity contribution >= 4 is 5.91 Å². The quantitative estimate of drug-likeness (QED) is 0.694. The molecule has 0 atom stereocenters. The number of rotatable bonds is 4. The first-order valence-corrected chi connectivity index (χ1v) is 9.41. The van der Waals surface area contributed by atoms with Crippen LogP contribution in [0.15, 0.2) is 29.0 Å². The largest absolute Gasteiger partial charge is 0.417 e. The highest BCUT2D eigenvalue weighted by Gasteiger charge is 2.41. The molecule has 3 heterocycles. The van der Waals surface area contributed by atoms with E-state index in [9.17, 15) is 18.0 Å². The minimum Gasteiger partial charge on any atom is -0.340 e. The van der Waals surface area contributed by atoms with Crippen LogP contribution in [0, 0.1) is 13.8 Å². The summed E-state index contributed by atoms with van der Waals surface area (Å²) < 4.78 is 44.7. The molecular formula is C19H19F3N6O2. The van der Waals surface area contributed by atoms with Crippen LogP contribution in [0.25, 0.3) is 5.82 Å². The average Bonchev–Trinajstić information content (AvgIpc) is 3.42. The van der Waals surface area contributed by atoms with E-state index in [1.807, 2.05) is 0 Å². The van der Waals surface area contributed by atoms with Crippen molar-refractivity contribution in [1.82, 2.24) is 30.2 Å². The molecule has 158 valence electrons. The van der Waals surface area contributed by atoms with Crippen LogP contribution in [-0.2, 0) is 11.7 Å². The molecule has 3 aromatic heterocycles. The molecule has 0 aliphatic heterocycles. The van der Waals surface area contributed by atoms with Crippen LogP contribution in [0.4, 0.5) is 13.2 Å². The lowest BCUT2D eigenvalue weighted by molar-refractivity contribution is -0.137. The van der Waals surface area contributed by atoms with E-state index in [0.29, 0.717) is 35.8 Å². The van der Waals surface area contributed by atoms with Gasteiger partial charge in [0.15, 0.2) is 11.6 Å². The van der Waals surface area contributed by atoms with E-state index in [-0.39, 0.29) is 11.7 Å². The summed E-state index contributed by atoms with van der Waals surface area (Å²) in [7, 11) is 0. The zero-order valence-electron chi connectivity index (χ0n) is 16.3. The van der Waals surface area contributed by atoms with Gasteiger partial charge in [-0.2, -0.15) is 23.3 Å². The third-order valence-corrected chi connectivity index (χ3v) is 5.31. The van der Waals surface area contributed by atoms with Crippen molar-refractivity contribution in [2.45, 2.75) is 51.2 Å². The van der Waals surface area contributed by atoms with Crippen LogP contribution in [0.1, 0.15) is 59.0 Å². The molecule has 0 bridgehead atoms. The molecule has 8 nitrogen and oxygen atoms in total. The van der Waals surface area contributed by atoms with E-state index in [0.717, 1.165) is 25.1 Å². The van der Waals surface area contributed by atoms with E-state index in [1.165, 1.54) is 16.9 Å². The molecule has 30 heavy (non-hydrogen) atoms. The lowest BCUT2D eigenvalue weighted by Crippen LogP contribution is -2.44. The maximum absolute atomic E-state index is 13.0. The second-order valence-electron chi connectivity index (χ2n) is 7.34. The fourth-order valence-electron chi connectivity index (χ4n) is 3.70. The van der Waals surface area contributed by atoms with Crippen LogP contribution >= 0.6 is 0 Å². The van der Waals surface area contributed by atoms with E-state index >= 15 is 0 Å². The molecule has 1 fully saturated rings. The smallest absolute Gasteiger partial charge is 0.340 e. The number of halogens is 3. The number of aryl methyl sites for hydroxylation is 1. The zero-order chi connectivity index (χ0) is 21.5. The second kappa shape index (κ2) is 7.22. The number of alkyl halides is 3. The number of nitrogens with zero attached hydrogens (tertiary/aromatic N) is 5. The molecule has 1 amide bonds. The van der Waals surface area contributed by atoms with Crippen molar-refractivity contribution in [2.75, 3.05) is 0 Å². The number of aromatic nitrogens is 5. The first-order valence-electron chi connectivity index (χ1n) is 9.41. The summed E-state index contributed by atoms with van der Waals surface area (Å²) in [6.07, 6.45) is 0.842. The van der Waals surface area contributed by atoms with Crippen molar-refractivity contribution < 1.29 is 22.5 Å². The summed E-state index contributed by atoms with van der Waals surface area (Å²) in [6.45, 7) is 3.34. The molecule has 1 aliphatic rings. The Labute approximate surface area is 169 Å². The normalized spacial score (nSPS) is 16.0. The van der Waals surface area contributed by atoms with Gasteiger partial charge in [0.1, 0.15) is 5.54 Å². The molecule has 3 aromatic rings. The number of nitrogens with one attached hydrogen (secondary N) is 1. The first-order chi connectivity index (χ1) is 14.2. The van der Waals surface area contributed by atoms with Gasteiger partial charge in [-0.05, 0) is 31.9 Å². The minimum atomic E-state index is -4.47. The molecule has 0 aromatic carbocycles. The summed E-state index contributed by atoms with van der Waals surface area (Å²) in [5.41, 5.74) is -0.816. The number of amides is 1. The zero-order valence-corrected chi connectivity index (χ0v) is 16.3. The highest BCUT2D eigenvalue weighted by atomic mass is 19.4. The SMILES string of the molecule is Cc1nc(C2(NC(=O)c3cnn(-c4ccc(C(F)(F)F)cn4)c3C)CCCC2)no1. The first kappa shape index (κ1) is 20.0. The topological polar surface area (TPSA) is 98.7 Å². The Bertz CT molecular complexity index is 1060. The van der Waals surface area contributed by atoms with Crippen molar-refractivity contribution in [3.8, 4) is 5.82 Å². The maximum Gasteiger partial charge on any atom is 0.417 e. The van der Waals surface area contributed by atoms with Crippen LogP contribution in [-0.4, -0.2) is 30.8 Å². The van der Waals surface area contributed by atoms with Gasteiger partial charge < -0.3 is 9.84 Å². The number of carbonyl (C=O) groups excluding carboxylic acids is 1. The predicted molar refractivity (Wildman–Crippen MR) is 97.7 cm³/mol. The predicted octanol–water partition coefficient (Wildman–Crippen LogP) is 3.49. The van der Waals surface area contributed by atoms with Gasteiger partial charge in [-0.25, -0.2) is 9.67 Å². The molecule has 0 radical (unpaired) electrons. The van der Waals surface area contributed by atoms with Crippen LogP contribution in [0.3, 0.4) is 0 Å². The Morgan fingerprint density at radius 2 is 1.93 bits per heavy atom. The third kappa shape index (κ3) is 3.55. The number of hydrogen-bond donors (Lipinski definition) is 1. The van der Waals surface area contributed by atoms with Crippen LogP contribution < -0.4 is 5.32 Å². The summed E-state index contributed by atoms with van der Waals surface area (Å²) in [6, 6.07) is 2.14. The molecule has 0 unspecified atom stereocenters. The number of pyridine rings is 1. The molecule has 11 heteroatoms. The Hall–Kier alpha value is -3.24.